The summed E-state index contributed by atoms with van der Waals surface area (Å²) in [5.41, 5.74) is 4.92. The maximum Gasteiger partial charge on any atom is 0.275 e. The van der Waals surface area contributed by atoms with Crippen LogP contribution in [0.2, 0.25) is 0 Å². The molecule has 4 aromatic rings. The monoisotopic (exact) mass is 650 g/mol. The average Bonchev–Trinajstić information content (AvgIpc) is 3.31. The van der Waals surface area contributed by atoms with Crippen LogP contribution in [0.25, 0.3) is 0 Å². The number of nitro benzene ring substituents is 1. The molecule has 218 valence electrons. The van der Waals surface area contributed by atoms with Crippen molar-refractivity contribution in [3.8, 4) is 5.75 Å². The molecule has 8 rings (SSSR count). The van der Waals surface area contributed by atoms with E-state index >= 15 is 0 Å². The Hall–Kier alpha value is -5.16. The molecule has 0 aromatic heterocycles. The van der Waals surface area contributed by atoms with E-state index in [0.717, 1.165) is 32.8 Å². The number of amides is 3. The number of imide groups is 1. The van der Waals surface area contributed by atoms with Gasteiger partial charge in [-0.3, -0.25) is 24.5 Å². The van der Waals surface area contributed by atoms with Gasteiger partial charge < -0.3 is 4.74 Å². The van der Waals surface area contributed by atoms with Crippen molar-refractivity contribution in [3.63, 3.8) is 0 Å². The van der Waals surface area contributed by atoms with Crippen LogP contribution in [0.4, 0.5) is 11.4 Å². The molecule has 3 amide bonds. The van der Waals surface area contributed by atoms with Gasteiger partial charge in [0.2, 0.25) is 11.8 Å². The van der Waals surface area contributed by atoms with E-state index in [9.17, 15) is 24.5 Å². The molecular weight excluding hydrogens is 628 g/mol. The number of hydrogen-bond donors (Lipinski definition) is 1. The molecule has 0 radical (unpaired) electrons. The summed E-state index contributed by atoms with van der Waals surface area (Å²) >= 11 is 3.42. The first kappa shape index (κ1) is 27.7. The minimum absolute atomic E-state index is 0.0732. The van der Waals surface area contributed by atoms with Gasteiger partial charge in [-0.1, -0.05) is 64.5 Å². The van der Waals surface area contributed by atoms with E-state index in [-0.39, 0.29) is 34.7 Å². The molecule has 0 saturated carbocycles. The second-order valence-corrected chi connectivity index (χ2v) is 11.8. The standard InChI is InChI=1S/C33H23BrN4O6/c1-44-26-15-14-20(38(42)43)16-23(26)30(39)36-35-17-33-24-8-4-2-6-21(24)27(22-7-3-5-9-25(22)33)28-29(33)32(41)37(31(28)40)19-12-10-18(34)11-13-19/h2-17,27-29H,1H3,(H,36,39)/b35-17-/t27?,28-,29-,33?/m0/s1. The normalized spacial score (nSPS) is 22.9. The summed E-state index contributed by atoms with van der Waals surface area (Å²) in [7, 11) is 1.36. The number of carbonyl (C=O) groups is 3. The van der Waals surface area contributed by atoms with Gasteiger partial charge in [0.1, 0.15) is 5.75 Å². The Labute approximate surface area is 259 Å². The Morgan fingerprint density at radius 3 is 2.23 bits per heavy atom. The zero-order chi connectivity index (χ0) is 30.7. The zero-order valence-electron chi connectivity index (χ0n) is 23.1. The lowest BCUT2D eigenvalue weighted by Gasteiger charge is -2.52. The third kappa shape index (κ3) is 3.85. The van der Waals surface area contributed by atoms with Gasteiger partial charge in [-0.25, -0.2) is 10.3 Å². The lowest BCUT2D eigenvalue weighted by atomic mass is 9.47. The minimum atomic E-state index is -1.19. The lowest BCUT2D eigenvalue weighted by Crippen LogP contribution is -2.54. The number of benzene rings is 4. The van der Waals surface area contributed by atoms with Gasteiger partial charge in [-0.05, 0) is 52.6 Å². The van der Waals surface area contributed by atoms with Crippen LogP contribution in [0.1, 0.15) is 38.5 Å². The first-order valence-electron chi connectivity index (χ1n) is 13.8. The largest absolute Gasteiger partial charge is 0.496 e. The highest BCUT2D eigenvalue weighted by Gasteiger charge is 2.68. The smallest absolute Gasteiger partial charge is 0.275 e. The van der Waals surface area contributed by atoms with Crippen LogP contribution in [-0.2, 0) is 15.0 Å². The molecule has 0 unspecified atom stereocenters. The highest BCUT2D eigenvalue weighted by molar-refractivity contribution is 9.10. The first-order chi connectivity index (χ1) is 21.3. The first-order valence-corrected chi connectivity index (χ1v) is 14.6. The molecule has 11 heteroatoms. The second-order valence-electron chi connectivity index (χ2n) is 10.9. The van der Waals surface area contributed by atoms with Crippen LogP contribution in [0.5, 0.6) is 5.75 Å². The maximum atomic E-state index is 14.4. The summed E-state index contributed by atoms with van der Waals surface area (Å²) in [5.74, 6) is -3.11. The van der Waals surface area contributed by atoms with Gasteiger partial charge in [0.25, 0.3) is 11.6 Å². The molecule has 3 aliphatic carbocycles. The van der Waals surface area contributed by atoms with Crippen molar-refractivity contribution in [2.75, 3.05) is 12.0 Å². The lowest BCUT2D eigenvalue weighted by molar-refractivity contribution is -0.384. The van der Waals surface area contributed by atoms with E-state index in [1.165, 1.54) is 30.4 Å². The van der Waals surface area contributed by atoms with Crippen molar-refractivity contribution < 1.29 is 24.0 Å². The van der Waals surface area contributed by atoms with Crippen molar-refractivity contribution in [2.45, 2.75) is 11.3 Å². The van der Waals surface area contributed by atoms with E-state index < -0.39 is 28.1 Å². The molecule has 44 heavy (non-hydrogen) atoms. The fraction of sp³-hybridized carbons (Fsp3) is 0.152. The number of nitro groups is 1. The summed E-state index contributed by atoms with van der Waals surface area (Å²) in [4.78, 5) is 53.9. The number of non-ortho nitro benzene ring substituents is 1. The molecule has 10 nitrogen and oxygen atoms in total. The summed E-state index contributed by atoms with van der Waals surface area (Å²) < 4.78 is 6.07. The summed E-state index contributed by atoms with van der Waals surface area (Å²) in [5, 5.41) is 15.7. The fourth-order valence-electron chi connectivity index (χ4n) is 7.13. The number of methoxy groups -OCH3 is 1. The number of hydrogen-bond acceptors (Lipinski definition) is 7. The van der Waals surface area contributed by atoms with Gasteiger partial charge in [0.05, 0.1) is 40.5 Å². The van der Waals surface area contributed by atoms with Crippen molar-refractivity contribution in [2.24, 2.45) is 16.9 Å². The molecule has 1 aliphatic heterocycles. The summed E-state index contributed by atoms with van der Waals surface area (Å²) in [6.07, 6.45) is 1.54. The number of halogens is 1. The SMILES string of the molecule is COc1ccc([N+](=O)[O-])cc1C(=O)N/N=C\C12c3ccccc3C(c3ccccc31)[C@@H]1C(=O)N(c3ccc(Br)cc3)C(=O)[C@H]12. The quantitative estimate of drug-likeness (QED) is 0.130. The maximum absolute atomic E-state index is 14.4. The number of hydrazone groups is 1. The van der Waals surface area contributed by atoms with Gasteiger partial charge in [0.15, 0.2) is 0 Å². The third-order valence-electron chi connectivity index (χ3n) is 8.84. The van der Waals surface area contributed by atoms with Crippen LogP contribution >= 0.6 is 15.9 Å². The average molecular weight is 651 g/mol. The number of nitrogens with zero attached hydrogens (tertiary/aromatic N) is 3. The number of nitrogens with one attached hydrogen (secondary N) is 1. The predicted octanol–water partition coefficient (Wildman–Crippen LogP) is 5.33. The van der Waals surface area contributed by atoms with Crippen LogP contribution < -0.4 is 15.1 Å². The Bertz CT molecular complexity index is 1880. The van der Waals surface area contributed by atoms with E-state index in [1.807, 2.05) is 48.5 Å². The zero-order valence-corrected chi connectivity index (χ0v) is 24.7. The molecule has 1 saturated heterocycles. The summed E-state index contributed by atoms with van der Waals surface area (Å²) in [6.45, 7) is 0. The Kier molecular flexibility index (Phi) is 6.43. The Balaban J connectivity index is 1.37. The van der Waals surface area contributed by atoms with Crippen molar-refractivity contribution >= 4 is 51.2 Å². The molecule has 4 aromatic carbocycles. The highest BCUT2D eigenvalue weighted by atomic mass is 79.9. The van der Waals surface area contributed by atoms with Crippen molar-refractivity contribution in [1.29, 1.82) is 0 Å². The van der Waals surface area contributed by atoms with Gasteiger partial charge in [-0.2, -0.15) is 5.10 Å². The summed E-state index contributed by atoms with van der Waals surface area (Å²) in [6, 6.07) is 26.1. The van der Waals surface area contributed by atoms with Crippen LogP contribution in [0, 0.1) is 22.0 Å². The molecule has 0 spiro atoms. The van der Waals surface area contributed by atoms with E-state index in [0.29, 0.717) is 5.69 Å². The second kappa shape index (κ2) is 10.2. The van der Waals surface area contributed by atoms with Gasteiger partial charge in [-0.15, -0.1) is 0 Å². The number of ether oxygens (including phenoxy) is 1. The fourth-order valence-corrected chi connectivity index (χ4v) is 7.40. The number of carbonyl (C=O) groups excluding carboxylic acids is 3. The van der Waals surface area contributed by atoms with E-state index in [1.54, 1.807) is 24.3 Å². The molecule has 4 aliphatic rings. The topological polar surface area (TPSA) is 131 Å². The third-order valence-corrected chi connectivity index (χ3v) is 9.37. The molecule has 2 atom stereocenters. The molecule has 2 bridgehead atoms. The highest BCUT2D eigenvalue weighted by Crippen LogP contribution is 2.63. The number of anilines is 1. The predicted molar refractivity (Wildman–Crippen MR) is 165 cm³/mol. The van der Waals surface area contributed by atoms with Crippen LogP contribution in [0.15, 0.2) is 101 Å². The van der Waals surface area contributed by atoms with Crippen molar-refractivity contribution in [3.05, 3.63) is 133 Å². The van der Waals surface area contributed by atoms with Gasteiger partial charge in [0, 0.05) is 28.7 Å². The molecule has 1 N–H and O–H groups in total. The Morgan fingerprint density at radius 1 is 0.977 bits per heavy atom. The number of rotatable bonds is 6. The van der Waals surface area contributed by atoms with E-state index in [2.05, 4.69) is 26.5 Å². The molecule has 1 fully saturated rings. The van der Waals surface area contributed by atoms with Crippen LogP contribution in [0.3, 0.4) is 0 Å². The Morgan fingerprint density at radius 2 is 1.61 bits per heavy atom. The molecular formula is C33H23BrN4O6. The van der Waals surface area contributed by atoms with E-state index in [4.69, 9.17) is 4.74 Å². The van der Waals surface area contributed by atoms with Crippen molar-refractivity contribution in [1.82, 2.24) is 5.43 Å². The van der Waals surface area contributed by atoms with Crippen LogP contribution in [-0.4, -0.2) is 36.0 Å². The van der Waals surface area contributed by atoms with Gasteiger partial charge >= 0.3 is 0 Å². The minimum Gasteiger partial charge on any atom is -0.496 e. The molecule has 1 heterocycles.